The molecule has 3 rings (SSSR count). The highest BCUT2D eigenvalue weighted by Gasteiger charge is 2.30. The molecule has 2 heterocycles. The molecule has 0 aliphatic heterocycles. The van der Waals surface area contributed by atoms with Gasteiger partial charge in [-0.3, -0.25) is 4.79 Å². The fourth-order valence-corrected chi connectivity index (χ4v) is 1.84. The van der Waals surface area contributed by atoms with Crippen LogP contribution in [0.5, 0.6) is 0 Å². The van der Waals surface area contributed by atoms with Gasteiger partial charge in [0.05, 0.1) is 17.8 Å². The Kier molecular flexibility index (Phi) is 4.17. The van der Waals surface area contributed by atoms with Gasteiger partial charge in [-0.15, -0.1) is 25.2 Å². The highest BCUT2D eigenvalue weighted by Crippen LogP contribution is 2.29. The fourth-order valence-electron chi connectivity index (χ4n) is 1.84. The number of hydrogen-bond donors (Lipinski definition) is 1. The van der Waals surface area contributed by atoms with E-state index in [-0.39, 0.29) is 23.9 Å². The molecule has 0 fully saturated rings. The Hall–Kier alpha value is -3.31. The maximum absolute atomic E-state index is 12.5. The molecular weight excluding hydrogens is 343 g/mol. The first-order valence-corrected chi connectivity index (χ1v) is 6.88. The van der Waals surface area contributed by atoms with E-state index in [4.69, 9.17) is 4.42 Å². The molecule has 130 valence electrons. The molecule has 0 bridgehead atoms. The van der Waals surface area contributed by atoms with Crippen LogP contribution >= 0.6 is 0 Å². The highest BCUT2D eigenvalue weighted by molar-refractivity contribution is 5.89. The van der Waals surface area contributed by atoms with E-state index < -0.39 is 17.6 Å². The highest BCUT2D eigenvalue weighted by atomic mass is 19.4. The van der Waals surface area contributed by atoms with Gasteiger partial charge >= 0.3 is 6.18 Å². The number of nitrogens with zero attached hydrogens (tertiary/aromatic N) is 6. The average Bonchev–Trinajstić information content (AvgIpc) is 3.21. The van der Waals surface area contributed by atoms with Crippen LogP contribution in [-0.2, 0) is 12.7 Å². The number of nitrogens with one attached hydrogen (secondary N) is 1. The summed E-state index contributed by atoms with van der Waals surface area (Å²) in [4.78, 5) is 12.9. The predicted octanol–water partition coefficient (Wildman–Crippen LogP) is 1.30. The molecule has 9 nitrogen and oxygen atoms in total. The normalized spacial score (nSPS) is 11.5. The zero-order valence-corrected chi connectivity index (χ0v) is 12.7. The summed E-state index contributed by atoms with van der Waals surface area (Å²) in [7, 11) is 0. The molecule has 3 aromatic rings. The van der Waals surface area contributed by atoms with Crippen molar-refractivity contribution in [2.45, 2.75) is 19.6 Å². The van der Waals surface area contributed by atoms with Crippen LogP contribution in [-0.4, -0.2) is 36.3 Å². The average molecular weight is 353 g/mol. The Morgan fingerprint density at radius 2 is 1.92 bits per heavy atom. The van der Waals surface area contributed by atoms with E-state index >= 15 is 0 Å². The number of tetrazole rings is 1. The lowest BCUT2D eigenvalue weighted by Gasteiger charge is -2.06. The van der Waals surface area contributed by atoms with Crippen LogP contribution in [0, 0.1) is 6.92 Å². The lowest BCUT2D eigenvalue weighted by molar-refractivity contribution is -0.137. The smallest absolute Gasteiger partial charge is 0.416 e. The van der Waals surface area contributed by atoms with Crippen LogP contribution < -0.4 is 5.32 Å². The molecule has 1 amide bonds. The zero-order valence-electron chi connectivity index (χ0n) is 12.7. The molecule has 0 atom stereocenters. The summed E-state index contributed by atoms with van der Waals surface area (Å²) in [6, 6.07) is 4.12. The second-order valence-corrected chi connectivity index (χ2v) is 4.84. The number of rotatable bonds is 4. The quantitative estimate of drug-likeness (QED) is 0.752. The largest absolute Gasteiger partial charge is 0.424 e. The van der Waals surface area contributed by atoms with E-state index in [1.807, 2.05) is 0 Å². The van der Waals surface area contributed by atoms with Gasteiger partial charge in [0.15, 0.2) is 0 Å². The van der Waals surface area contributed by atoms with Crippen molar-refractivity contribution < 1.29 is 22.4 Å². The first kappa shape index (κ1) is 16.5. The summed E-state index contributed by atoms with van der Waals surface area (Å²) in [5.41, 5.74) is -0.573. The van der Waals surface area contributed by atoms with Gasteiger partial charge < -0.3 is 9.73 Å². The molecule has 2 aromatic heterocycles. The Balaban J connectivity index is 1.68. The number of aryl methyl sites for hydroxylation is 1. The molecule has 12 heteroatoms. The predicted molar refractivity (Wildman–Crippen MR) is 74.4 cm³/mol. The summed E-state index contributed by atoms with van der Waals surface area (Å²) in [6.07, 6.45) is -4.44. The van der Waals surface area contributed by atoms with Crippen molar-refractivity contribution >= 4 is 5.91 Å². The van der Waals surface area contributed by atoms with Crippen LogP contribution in [0.15, 0.2) is 28.7 Å². The topological polar surface area (TPSA) is 112 Å². The second-order valence-electron chi connectivity index (χ2n) is 4.84. The minimum atomic E-state index is -4.44. The van der Waals surface area contributed by atoms with E-state index in [1.54, 1.807) is 6.92 Å². The van der Waals surface area contributed by atoms with Crippen molar-refractivity contribution in [2.75, 3.05) is 0 Å². The van der Waals surface area contributed by atoms with Gasteiger partial charge in [-0.1, -0.05) is 0 Å². The number of hydrogen-bond acceptors (Lipinski definition) is 7. The third kappa shape index (κ3) is 3.79. The molecule has 0 saturated carbocycles. The van der Waals surface area contributed by atoms with E-state index in [0.717, 1.165) is 16.9 Å². The molecule has 0 radical (unpaired) electrons. The molecule has 0 spiro atoms. The standard InChI is InChI=1S/C13H10F3N7O2/c1-7-18-19-10(25-7)6-17-12(24)11-20-22-23(21-11)9-4-2-8(3-5-9)13(14,15)16/h2-5H,6H2,1H3,(H,17,24). The molecule has 0 aliphatic carbocycles. The number of carbonyl (C=O) groups is 1. The monoisotopic (exact) mass is 353 g/mol. The van der Waals surface area contributed by atoms with Crippen molar-refractivity contribution in [3.8, 4) is 5.69 Å². The third-order valence-electron chi connectivity index (χ3n) is 3.01. The number of halogens is 3. The Bertz CT molecular complexity index is 886. The van der Waals surface area contributed by atoms with Gasteiger partial charge in [0.2, 0.25) is 11.8 Å². The molecule has 1 aromatic carbocycles. The van der Waals surface area contributed by atoms with E-state index in [0.29, 0.717) is 5.89 Å². The van der Waals surface area contributed by atoms with Crippen molar-refractivity contribution in [1.29, 1.82) is 0 Å². The molecular formula is C13H10F3N7O2. The summed E-state index contributed by atoms with van der Waals surface area (Å²) in [6.45, 7) is 1.59. The van der Waals surface area contributed by atoms with Crippen LogP contribution in [0.3, 0.4) is 0 Å². The van der Waals surface area contributed by atoms with Crippen LogP contribution in [0.1, 0.15) is 28.0 Å². The van der Waals surface area contributed by atoms with Gasteiger partial charge in [-0.2, -0.15) is 13.2 Å². The van der Waals surface area contributed by atoms with Crippen molar-refractivity contribution in [3.63, 3.8) is 0 Å². The lowest BCUT2D eigenvalue weighted by Crippen LogP contribution is -2.24. The van der Waals surface area contributed by atoms with E-state index in [1.165, 1.54) is 12.1 Å². The zero-order chi connectivity index (χ0) is 18.0. The Morgan fingerprint density at radius 1 is 1.20 bits per heavy atom. The van der Waals surface area contributed by atoms with E-state index in [2.05, 4.69) is 30.9 Å². The number of aromatic nitrogens is 6. The number of carbonyl (C=O) groups excluding carboxylic acids is 1. The molecule has 0 aliphatic rings. The van der Waals surface area contributed by atoms with Crippen molar-refractivity contribution in [3.05, 3.63) is 47.4 Å². The van der Waals surface area contributed by atoms with Crippen LogP contribution in [0.4, 0.5) is 13.2 Å². The summed E-state index contributed by atoms with van der Waals surface area (Å²) >= 11 is 0. The first-order valence-electron chi connectivity index (χ1n) is 6.88. The second kappa shape index (κ2) is 6.30. The Labute approximate surface area is 137 Å². The first-order chi connectivity index (χ1) is 11.8. The van der Waals surface area contributed by atoms with Gasteiger partial charge in [-0.25, -0.2) is 0 Å². The summed E-state index contributed by atoms with van der Waals surface area (Å²) in [5, 5.41) is 20.8. The van der Waals surface area contributed by atoms with Crippen molar-refractivity contribution in [1.82, 2.24) is 35.7 Å². The summed E-state index contributed by atoms with van der Waals surface area (Å²) in [5.74, 6) is -0.332. The van der Waals surface area contributed by atoms with Crippen molar-refractivity contribution in [2.24, 2.45) is 0 Å². The van der Waals surface area contributed by atoms with Gasteiger partial charge in [-0.05, 0) is 29.5 Å². The molecule has 0 unspecified atom stereocenters. The summed E-state index contributed by atoms with van der Waals surface area (Å²) < 4.78 is 42.7. The van der Waals surface area contributed by atoms with Crippen LogP contribution in [0.2, 0.25) is 0 Å². The van der Waals surface area contributed by atoms with Gasteiger partial charge in [0.25, 0.3) is 11.7 Å². The molecule has 25 heavy (non-hydrogen) atoms. The van der Waals surface area contributed by atoms with Gasteiger partial charge in [0.1, 0.15) is 0 Å². The Morgan fingerprint density at radius 3 is 2.52 bits per heavy atom. The fraction of sp³-hybridized carbons (Fsp3) is 0.231. The van der Waals surface area contributed by atoms with Gasteiger partial charge in [0, 0.05) is 6.92 Å². The SMILES string of the molecule is Cc1nnc(CNC(=O)c2nnn(-c3ccc(C(F)(F)F)cc3)n2)o1. The number of alkyl halides is 3. The molecule has 0 saturated heterocycles. The number of amides is 1. The minimum Gasteiger partial charge on any atom is -0.424 e. The third-order valence-corrected chi connectivity index (χ3v) is 3.01. The van der Waals surface area contributed by atoms with E-state index in [9.17, 15) is 18.0 Å². The number of benzene rings is 1. The lowest BCUT2D eigenvalue weighted by atomic mass is 10.2. The maximum atomic E-state index is 12.5. The maximum Gasteiger partial charge on any atom is 0.416 e. The van der Waals surface area contributed by atoms with Crippen LogP contribution in [0.25, 0.3) is 5.69 Å². The molecule has 1 N–H and O–H groups in total. The minimum absolute atomic E-state index is 0.0194.